The molecular formula is C43H74N12O13. The Labute approximate surface area is 396 Å². The number of carboxylic acid groups (broad SMARTS) is 1. The van der Waals surface area contributed by atoms with Gasteiger partial charge in [0.15, 0.2) is 0 Å². The first-order chi connectivity index (χ1) is 32.0. The van der Waals surface area contributed by atoms with Crippen LogP contribution in [-0.2, 0) is 52.7 Å². The normalized spacial score (nSPS) is 18.8. The van der Waals surface area contributed by atoms with E-state index in [4.69, 9.17) is 11.5 Å². The third kappa shape index (κ3) is 21.3. The molecule has 0 unspecified atom stereocenters. The number of nitrogens with two attached hydrogens (primary N) is 2. The van der Waals surface area contributed by atoms with Crippen molar-refractivity contribution < 1.29 is 63.0 Å². The molecule has 2 rings (SSSR count). The van der Waals surface area contributed by atoms with Crippen molar-refractivity contribution in [3.8, 4) is 0 Å². The van der Waals surface area contributed by atoms with Crippen LogP contribution in [-0.4, -0.2) is 168 Å². The number of rotatable bonds is 30. The van der Waals surface area contributed by atoms with Gasteiger partial charge in [-0.1, -0.05) is 40.5 Å². The smallest absolute Gasteiger partial charge is 0.326 e. The van der Waals surface area contributed by atoms with Crippen molar-refractivity contribution in [2.75, 3.05) is 39.3 Å². The summed E-state index contributed by atoms with van der Waals surface area (Å²) >= 11 is 0. The van der Waals surface area contributed by atoms with Crippen LogP contribution in [0.3, 0.4) is 0 Å². The van der Waals surface area contributed by atoms with Gasteiger partial charge >= 0.3 is 5.97 Å². The molecule has 68 heavy (non-hydrogen) atoms. The number of carbonyl (C=O) groups excluding carboxylic acids is 10. The first-order valence-corrected chi connectivity index (χ1v) is 23.3. The quantitative estimate of drug-likeness (QED) is 0.0302. The summed E-state index contributed by atoms with van der Waals surface area (Å²) in [5.41, 5.74) is 10.8. The lowest BCUT2D eigenvalue weighted by Gasteiger charge is -2.26. The third-order valence-electron chi connectivity index (χ3n) is 11.2. The highest BCUT2D eigenvalue weighted by molar-refractivity contribution is 5.97. The number of nitrogens with zero attached hydrogens (tertiary/aromatic N) is 1. The summed E-state index contributed by atoms with van der Waals surface area (Å²) in [6.07, 6.45) is 2.08. The molecule has 25 heteroatoms. The Bertz CT molecular complexity index is 1780. The van der Waals surface area contributed by atoms with Gasteiger partial charge in [-0.2, -0.15) is 0 Å². The first kappa shape index (κ1) is 58.2. The number of hydrogen-bond donors (Lipinski definition) is 13. The van der Waals surface area contributed by atoms with E-state index in [1.807, 2.05) is 0 Å². The number of primary amides is 1. The predicted octanol–water partition coefficient (Wildman–Crippen LogP) is -4.55. The Morgan fingerprint density at radius 3 is 1.82 bits per heavy atom. The number of aliphatic hydroxyl groups excluding tert-OH is 1. The van der Waals surface area contributed by atoms with E-state index < -0.39 is 133 Å². The summed E-state index contributed by atoms with van der Waals surface area (Å²) in [4.78, 5) is 142. The first-order valence-electron chi connectivity index (χ1n) is 23.3. The zero-order chi connectivity index (χ0) is 51.1. The maximum Gasteiger partial charge on any atom is 0.326 e. The lowest BCUT2D eigenvalue weighted by Crippen LogP contribution is -2.57. The molecule has 0 aromatic heterocycles. The highest BCUT2D eigenvalue weighted by Crippen LogP contribution is 2.18. The van der Waals surface area contributed by atoms with Gasteiger partial charge in [0, 0.05) is 19.5 Å². The van der Waals surface area contributed by atoms with Crippen molar-refractivity contribution in [2.45, 2.75) is 154 Å². The minimum absolute atomic E-state index is 0.0906. The molecule has 15 N–H and O–H groups in total. The topological polar surface area (TPSA) is 392 Å². The minimum Gasteiger partial charge on any atom is -0.480 e. The average molecular weight is 967 g/mol. The van der Waals surface area contributed by atoms with Crippen molar-refractivity contribution in [1.29, 1.82) is 0 Å². The van der Waals surface area contributed by atoms with Gasteiger partial charge in [-0.25, -0.2) is 4.79 Å². The number of hydrogen-bond acceptors (Lipinski definition) is 14. The molecule has 2 fully saturated rings. The van der Waals surface area contributed by atoms with Gasteiger partial charge in [0.1, 0.15) is 36.3 Å². The number of aliphatic hydroxyl groups is 1. The average Bonchev–Trinajstić information content (AvgIpc) is 3.95. The number of aliphatic carboxylic acids is 1. The van der Waals surface area contributed by atoms with Crippen molar-refractivity contribution in [3.05, 3.63) is 0 Å². The van der Waals surface area contributed by atoms with E-state index in [1.165, 1.54) is 11.8 Å². The Balaban J connectivity index is 1.97. The van der Waals surface area contributed by atoms with E-state index in [2.05, 4.69) is 47.9 Å². The zero-order valence-electron chi connectivity index (χ0n) is 39.8. The summed E-state index contributed by atoms with van der Waals surface area (Å²) in [6, 6.07) is -7.68. The Morgan fingerprint density at radius 1 is 0.662 bits per heavy atom. The summed E-state index contributed by atoms with van der Waals surface area (Å²) in [5.74, 6) is -8.61. The molecule has 2 aliphatic heterocycles. The van der Waals surface area contributed by atoms with E-state index in [1.54, 1.807) is 27.7 Å². The lowest BCUT2D eigenvalue weighted by atomic mass is 10.0. The number of unbranched alkanes of at least 4 members (excludes halogenated alkanes) is 2. The molecule has 0 aromatic carbocycles. The second-order valence-electron chi connectivity index (χ2n) is 18.1. The molecule has 10 amide bonds. The van der Waals surface area contributed by atoms with E-state index in [-0.39, 0.29) is 63.5 Å². The maximum absolute atomic E-state index is 13.4. The molecule has 384 valence electrons. The summed E-state index contributed by atoms with van der Waals surface area (Å²) in [7, 11) is 0. The van der Waals surface area contributed by atoms with E-state index >= 15 is 0 Å². The fourth-order valence-electron chi connectivity index (χ4n) is 7.55. The standard InChI is InChI=1S/C43H74N12O13/c1-23(2)16-30(54-40(64)27(12-13-33(45)57)51-34(58)20-47-38(62)29-18-26(56)19-46-29)39(63)48-21-35(59)52-31(17-24(3)4)41(65)50-25(5)37(61)49-22-36(60)55-15-9-11-32(55)42(66)53-28(43(67)68)10-7-6-8-14-44/h23-32,46,56H,6-22,44H2,1-5H3,(H2,45,57)(H,47,62)(H,48,63)(H,49,61)(H,50,65)(H,51,58)(H,52,59)(H,53,66)(H,54,64)(H,67,68)/t25-,26+,27-,28-,29-,30-,31-,32-/m1/s1. The predicted molar refractivity (Wildman–Crippen MR) is 244 cm³/mol. The van der Waals surface area contributed by atoms with Crippen LogP contribution < -0.4 is 59.3 Å². The molecule has 2 saturated heterocycles. The minimum atomic E-state index is -1.35. The van der Waals surface area contributed by atoms with Crippen LogP contribution in [0.2, 0.25) is 0 Å². The SMILES string of the molecule is CC(C)C[C@@H](NC(=O)CNC(=O)[C@@H](CC(C)C)NC(=O)[C@@H](CCC(N)=O)NC(=O)CNC(=O)[C@H]1C[C@H](O)CN1)C(=O)N[C@H](C)C(=O)NCC(=O)N1CCC[C@@H]1C(=O)N[C@H](CCCCCN)C(=O)O. The van der Waals surface area contributed by atoms with Crippen LogP contribution in [0.25, 0.3) is 0 Å². The van der Waals surface area contributed by atoms with Crippen LogP contribution in [0.4, 0.5) is 0 Å². The highest BCUT2D eigenvalue weighted by atomic mass is 16.4. The zero-order valence-corrected chi connectivity index (χ0v) is 39.8. The van der Waals surface area contributed by atoms with Gasteiger partial charge in [0.25, 0.3) is 0 Å². The number of carbonyl (C=O) groups is 11. The molecule has 2 heterocycles. The van der Waals surface area contributed by atoms with Gasteiger partial charge in [-0.15, -0.1) is 0 Å². The van der Waals surface area contributed by atoms with E-state index in [0.29, 0.717) is 32.2 Å². The van der Waals surface area contributed by atoms with E-state index in [0.717, 1.165) is 6.42 Å². The number of nitrogens with one attached hydrogen (secondary N) is 9. The molecule has 0 aromatic rings. The Morgan fingerprint density at radius 2 is 1.25 bits per heavy atom. The fraction of sp³-hybridized carbons (Fsp3) is 0.744. The van der Waals surface area contributed by atoms with Crippen molar-refractivity contribution in [1.82, 2.24) is 52.8 Å². The molecule has 0 aliphatic carbocycles. The Hall–Kier alpha value is -5.95. The molecule has 0 bridgehead atoms. The molecule has 0 radical (unpaired) electrons. The van der Waals surface area contributed by atoms with Crippen molar-refractivity contribution in [2.24, 2.45) is 23.3 Å². The van der Waals surface area contributed by atoms with Crippen molar-refractivity contribution in [3.63, 3.8) is 0 Å². The van der Waals surface area contributed by atoms with Gasteiger partial charge in [0.2, 0.25) is 59.1 Å². The van der Waals surface area contributed by atoms with Gasteiger partial charge in [0.05, 0.1) is 31.8 Å². The van der Waals surface area contributed by atoms with Crippen LogP contribution in [0.5, 0.6) is 0 Å². The van der Waals surface area contributed by atoms with Crippen LogP contribution in [0.15, 0.2) is 0 Å². The van der Waals surface area contributed by atoms with Crippen LogP contribution in [0.1, 0.15) is 105 Å². The molecular weight excluding hydrogens is 893 g/mol. The second kappa shape index (κ2) is 29.7. The fourth-order valence-corrected chi connectivity index (χ4v) is 7.55. The molecule has 2 aliphatic rings. The monoisotopic (exact) mass is 967 g/mol. The molecule has 0 spiro atoms. The number of carboxylic acids is 1. The van der Waals surface area contributed by atoms with Crippen molar-refractivity contribution >= 4 is 65.0 Å². The summed E-state index contributed by atoms with van der Waals surface area (Å²) in [5, 5.41) is 42.0. The highest BCUT2D eigenvalue weighted by Gasteiger charge is 2.37. The maximum atomic E-state index is 13.4. The molecule has 25 nitrogen and oxygen atoms in total. The second-order valence-corrected chi connectivity index (χ2v) is 18.1. The van der Waals surface area contributed by atoms with E-state index in [9.17, 15) is 63.0 Å². The molecule has 0 saturated carbocycles. The van der Waals surface area contributed by atoms with Gasteiger partial charge in [-0.05, 0) is 76.7 Å². The van der Waals surface area contributed by atoms with Crippen LogP contribution in [0, 0.1) is 11.8 Å². The number of likely N-dealkylation sites (tertiary alicyclic amines) is 1. The molecule has 8 atom stereocenters. The summed E-state index contributed by atoms with van der Waals surface area (Å²) < 4.78 is 0. The Kier molecular flexibility index (Phi) is 25.4. The number of amides is 10. The van der Waals surface area contributed by atoms with Gasteiger partial charge < -0.3 is 74.4 Å². The van der Waals surface area contributed by atoms with Gasteiger partial charge in [-0.3, -0.25) is 47.9 Å². The largest absolute Gasteiger partial charge is 0.480 e. The third-order valence-corrected chi connectivity index (χ3v) is 11.2. The van der Waals surface area contributed by atoms with Crippen LogP contribution >= 0.6 is 0 Å². The number of β-amino-alcohol motifs (C(OH)–C–C–N with tert-alkyl or cyclic N) is 1. The summed E-state index contributed by atoms with van der Waals surface area (Å²) in [6.45, 7) is 7.73. The lowest BCUT2D eigenvalue weighted by molar-refractivity contribution is -0.144.